The van der Waals surface area contributed by atoms with Gasteiger partial charge >= 0.3 is 0 Å². The summed E-state index contributed by atoms with van der Waals surface area (Å²) in [5.41, 5.74) is 2.16. The van der Waals surface area contributed by atoms with Gasteiger partial charge in [-0.1, -0.05) is 47.0 Å². The van der Waals surface area contributed by atoms with Crippen molar-refractivity contribution in [2.45, 2.75) is 6.92 Å². The van der Waals surface area contributed by atoms with Crippen LogP contribution in [0.2, 0.25) is 10.0 Å². The van der Waals surface area contributed by atoms with Gasteiger partial charge in [0.15, 0.2) is 6.21 Å². The Bertz CT molecular complexity index is 571. The van der Waals surface area contributed by atoms with Gasteiger partial charge in [-0.3, -0.25) is 0 Å². The molecule has 2 aromatic carbocycles. The lowest BCUT2D eigenvalue weighted by Crippen LogP contribution is -2.00. The summed E-state index contributed by atoms with van der Waals surface area (Å²) in [6.07, 6.45) is 1.38. The van der Waals surface area contributed by atoms with E-state index in [-0.39, 0.29) is 0 Å². The first-order valence-electron chi connectivity index (χ1n) is 5.40. The van der Waals surface area contributed by atoms with Crippen molar-refractivity contribution in [2.75, 3.05) is 0 Å². The molecule has 18 heavy (non-hydrogen) atoms. The molecule has 2 rings (SSSR count). The number of aryl methyl sites for hydroxylation is 1. The molecule has 0 aliphatic carbocycles. The Balaban J connectivity index is 2.41. The minimum absolute atomic E-state index is 0.454. The van der Waals surface area contributed by atoms with Gasteiger partial charge in [-0.2, -0.15) is 4.74 Å². The molecule has 0 bridgehead atoms. The van der Waals surface area contributed by atoms with Crippen LogP contribution in [-0.4, -0.2) is 11.0 Å². The zero-order chi connectivity index (χ0) is 13.1. The van der Waals surface area contributed by atoms with E-state index in [9.17, 15) is 5.21 Å². The molecule has 0 radical (unpaired) electrons. The molecule has 0 N–H and O–H groups in total. The van der Waals surface area contributed by atoms with E-state index < -0.39 is 0 Å². The summed E-state index contributed by atoms with van der Waals surface area (Å²) in [6.45, 7) is 1.97. The molecule has 0 heterocycles. The van der Waals surface area contributed by atoms with Crippen LogP contribution in [0.25, 0.3) is 0 Å². The summed E-state index contributed by atoms with van der Waals surface area (Å²) in [7, 11) is 0. The highest BCUT2D eigenvalue weighted by atomic mass is 35.5. The third kappa shape index (κ3) is 2.84. The number of halogens is 2. The number of benzene rings is 2. The highest BCUT2D eigenvalue weighted by Crippen LogP contribution is 2.23. The van der Waals surface area contributed by atoms with Gasteiger partial charge in [0.05, 0.1) is 15.6 Å². The number of rotatable bonds is 2. The van der Waals surface area contributed by atoms with E-state index in [1.165, 1.54) is 6.21 Å². The van der Waals surface area contributed by atoms with Crippen LogP contribution in [0.5, 0.6) is 0 Å². The lowest BCUT2D eigenvalue weighted by atomic mass is 10.2. The number of hydrogen-bond acceptors (Lipinski definition) is 1. The van der Waals surface area contributed by atoms with Crippen LogP contribution in [0.15, 0.2) is 42.5 Å². The molecular weight excluding hydrogens is 269 g/mol. The maximum absolute atomic E-state index is 12.0. The van der Waals surface area contributed by atoms with Crippen molar-refractivity contribution in [1.82, 2.24) is 0 Å². The average Bonchev–Trinajstić information content (AvgIpc) is 2.34. The van der Waals surface area contributed by atoms with Crippen LogP contribution in [0.3, 0.4) is 0 Å². The maximum atomic E-state index is 12.0. The first-order valence-corrected chi connectivity index (χ1v) is 6.15. The maximum Gasteiger partial charge on any atom is 0.216 e. The van der Waals surface area contributed by atoms with Crippen LogP contribution >= 0.6 is 23.2 Å². The van der Waals surface area contributed by atoms with E-state index in [0.717, 1.165) is 10.3 Å². The molecular formula is C14H11Cl2NO. The van der Waals surface area contributed by atoms with Crippen molar-refractivity contribution >= 4 is 35.1 Å². The standard InChI is InChI=1S/C14H11Cl2NO/c1-10-5-7-11(8-6-10)17(18)9-12-13(15)3-2-4-14(12)16/h2-9H,1H3/b17-9-. The lowest BCUT2D eigenvalue weighted by molar-refractivity contribution is -0.354. The minimum Gasteiger partial charge on any atom is -0.618 e. The second kappa shape index (κ2) is 5.42. The van der Waals surface area contributed by atoms with Crippen molar-refractivity contribution in [3.63, 3.8) is 0 Å². The average molecular weight is 280 g/mol. The summed E-state index contributed by atoms with van der Waals surface area (Å²) in [4.78, 5) is 0. The fourth-order valence-electron chi connectivity index (χ4n) is 1.52. The van der Waals surface area contributed by atoms with Gasteiger partial charge in [-0.15, -0.1) is 0 Å². The first-order chi connectivity index (χ1) is 8.58. The molecule has 0 aliphatic heterocycles. The predicted octanol–water partition coefficient (Wildman–Crippen LogP) is 4.56. The Morgan fingerprint density at radius 3 is 2.11 bits per heavy atom. The molecule has 2 nitrogen and oxygen atoms in total. The van der Waals surface area contributed by atoms with E-state index in [4.69, 9.17) is 23.2 Å². The smallest absolute Gasteiger partial charge is 0.216 e. The van der Waals surface area contributed by atoms with Gasteiger partial charge < -0.3 is 5.21 Å². The molecule has 0 fully saturated rings. The molecule has 92 valence electrons. The Hall–Kier alpha value is -1.51. The molecule has 0 amide bonds. The Morgan fingerprint density at radius 2 is 1.56 bits per heavy atom. The quantitative estimate of drug-likeness (QED) is 0.342. The zero-order valence-electron chi connectivity index (χ0n) is 9.73. The fraction of sp³-hybridized carbons (Fsp3) is 0.0714. The Morgan fingerprint density at radius 1 is 1.00 bits per heavy atom. The van der Waals surface area contributed by atoms with E-state index in [0.29, 0.717) is 21.3 Å². The molecule has 0 atom stereocenters. The van der Waals surface area contributed by atoms with Crippen LogP contribution in [0.1, 0.15) is 11.1 Å². The third-order valence-electron chi connectivity index (χ3n) is 2.53. The molecule has 0 aromatic heterocycles. The van der Waals surface area contributed by atoms with Gasteiger partial charge in [0.1, 0.15) is 0 Å². The monoisotopic (exact) mass is 279 g/mol. The Labute approximate surface area is 116 Å². The highest BCUT2D eigenvalue weighted by Gasteiger charge is 2.08. The summed E-state index contributed by atoms with van der Waals surface area (Å²) >= 11 is 12.0. The van der Waals surface area contributed by atoms with Gasteiger partial charge in [0.2, 0.25) is 5.69 Å². The van der Waals surface area contributed by atoms with Crippen LogP contribution in [-0.2, 0) is 0 Å². The van der Waals surface area contributed by atoms with Gasteiger partial charge in [-0.25, -0.2) is 0 Å². The SMILES string of the molecule is Cc1ccc(/[N+]([O-])=C/c2c(Cl)cccc2Cl)cc1. The second-order valence-corrected chi connectivity index (χ2v) is 4.74. The van der Waals surface area contributed by atoms with Crippen molar-refractivity contribution in [1.29, 1.82) is 0 Å². The topological polar surface area (TPSA) is 26.1 Å². The first kappa shape index (κ1) is 12.9. The normalized spacial score (nSPS) is 11.6. The van der Waals surface area contributed by atoms with Crippen LogP contribution < -0.4 is 0 Å². The summed E-state index contributed by atoms with van der Waals surface area (Å²) in [5, 5.41) is 12.9. The molecule has 0 aliphatic rings. The summed E-state index contributed by atoms with van der Waals surface area (Å²) in [6, 6.07) is 12.4. The van der Waals surface area contributed by atoms with Gasteiger partial charge in [0, 0.05) is 12.1 Å². The van der Waals surface area contributed by atoms with Crippen molar-refractivity contribution in [2.24, 2.45) is 0 Å². The number of hydrogen-bond donors (Lipinski definition) is 0. The second-order valence-electron chi connectivity index (χ2n) is 3.93. The largest absolute Gasteiger partial charge is 0.618 e. The van der Waals surface area contributed by atoms with Crippen molar-refractivity contribution < 1.29 is 4.74 Å². The zero-order valence-corrected chi connectivity index (χ0v) is 11.2. The van der Waals surface area contributed by atoms with Gasteiger partial charge in [0.25, 0.3) is 0 Å². The molecule has 4 heteroatoms. The predicted molar refractivity (Wildman–Crippen MR) is 76.1 cm³/mol. The molecule has 0 unspecified atom stereocenters. The van der Waals surface area contributed by atoms with Gasteiger partial charge in [-0.05, 0) is 19.1 Å². The van der Waals surface area contributed by atoms with E-state index >= 15 is 0 Å². The molecule has 0 saturated heterocycles. The lowest BCUT2D eigenvalue weighted by Gasteiger charge is -2.05. The van der Waals surface area contributed by atoms with Crippen LogP contribution in [0, 0.1) is 12.1 Å². The summed E-state index contributed by atoms with van der Waals surface area (Å²) < 4.78 is 0.756. The van der Waals surface area contributed by atoms with Crippen molar-refractivity contribution in [3.8, 4) is 0 Å². The van der Waals surface area contributed by atoms with E-state index in [1.807, 2.05) is 19.1 Å². The third-order valence-corrected chi connectivity index (χ3v) is 3.19. The minimum atomic E-state index is 0.454. The van der Waals surface area contributed by atoms with E-state index in [1.54, 1.807) is 30.3 Å². The van der Waals surface area contributed by atoms with Crippen molar-refractivity contribution in [3.05, 3.63) is 68.8 Å². The molecule has 0 spiro atoms. The Kier molecular flexibility index (Phi) is 3.90. The number of nitrogens with zero attached hydrogens (tertiary/aromatic N) is 1. The van der Waals surface area contributed by atoms with Crippen LogP contribution in [0.4, 0.5) is 5.69 Å². The van der Waals surface area contributed by atoms with E-state index in [2.05, 4.69) is 0 Å². The fourth-order valence-corrected chi connectivity index (χ4v) is 2.01. The highest BCUT2D eigenvalue weighted by molar-refractivity contribution is 6.38. The molecule has 0 saturated carbocycles. The summed E-state index contributed by atoms with van der Waals surface area (Å²) in [5.74, 6) is 0. The molecule has 2 aromatic rings.